The fourth-order valence-electron chi connectivity index (χ4n) is 2.57. The van der Waals surface area contributed by atoms with Gasteiger partial charge in [-0.3, -0.25) is 4.79 Å². The molecule has 1 saturated heterocycles. The molecule has 0 saturated carbocycles. The van der Waals surface area contributed by atoms with Gasteiger partial charge in [0.15, 0.2) is 0 Å². The van der Waals surface area contributed by atoms with E-state index in [2.05, 4.69) is 0 Å². The second-order valence-corrected chi connectivity index (χ2v) is 4.76. The maximum atomic E-state index is 11.9. The van der Waals surface area contributed by atoms with Crippen molar-refractivity contribution in [3.8, 4) is 11.5 Å². The van der Waals surface area contributed by atoms with E-state index in [-0.39, 0.29) is 18.0 Å². The first-order valence-corrected chi connectivity index (χ1v) is 6.31. The van der Waals surface area contributed by atoms with Gasteiger partial charge in [-0.15, -0.1) is 0 Å². The number of hydrogen-bond acceptors (Lipinski definition) is 4. The summed E-state index contributed by atoms with van der Waals surface area (Å²) in [5.41, 5.74) is 7.10. The molecule has 19 heavy (non-hydrogen) atoms. The van der Waals surface area contributed by atoms with Crippen LogP contribution in [0.25, 0.3) is 0 Å². The SMILES string of the molecule is COc1ccc(C2C(N)CCC(=O)N2C)c(OC)c1. The Morgan fingerprint density at radius 3 is 2.68 bits per heavy atom. The van der Waals surface area contributed by atoms with Gasteiger partial charge in [0.25, 0.3) is 0 Å². The summed E-state index contributed by atoms with van der Waals surface area (Å²) in [6.45, 7) is 0. The van der Waals surface area contributed by atoms with Crippen molar-refractivity contribution in [1.29, 1.82) is 0 Å². The van der Waals surface area contributed by atoms with E-state index >= 15 is 0 Å². The van der Waals surface area contributed by atoms with Gasteiger partial charge >= 0.3 is 0 Å². The lowest BCUT2D eigenvalue weighted by atomic mass is 9.90. The minimum Gasteiger partial charge on any atom is -0.497 e. The molecule has 0 aromatic heterocycles. The number of nitrogens with zero attached hydrogens (tertiary/aromatic N) is 1. The summed E-state index contributed by atoms with van der Waals surface area (Å²) in [4.78, 5) is 13.6. The highest BCUT2D eigenvalue weighted by Crippen LogP contribution is 2.36. The quantitative estimate of drug-likeness (QED) is 0.894. The summed E-state index contributed by atoms with van der Waals surface area (Å²) in [6, 6.07) is 5.36. The average Bonchev–Trinajstić information content (AvgIpc) is 2.43. The molecule has 1 aliphatic rings. The maximum Gasteiger partial charge on any atom is 0.222 e. The maximum absolute atomic E-state index is 11.9. The second kappa shape index (κ2) is 5.48. The predicted molar refractivity (Wildman–Crippen MR) is 72.3 cm³/mol. The van der Waals surface area contributed by atoms with Gasteiger partial charge in [-0.05, 0) is 18.6 Å². The highest BCUT2D eigenvalue weighted by molar-refractivity contribution is 5.77. The number of piperidine rings is 1. The number of rotatable bonds is 3. The van der Waals surface area contributed by atoms with E-state index in [9.17, 15) is 4.79 Å². The first-order chi connectivity index (χ1) is 9.08. The largest absolute Gasteiger partial charge is 0.497 e. The molecule has 1 fully saturated rings. The van der Waals surface area contributed by atoms with Gasteiger partial charge in [0.2, 0.25) is 5.91 Å². The van der Waals surface area contributed by atoms with E-state index in [1.807, 2.05) is 18.2 Å². The first kappa shape index (κ1) is 13.7. The molecule has 104 valence electrons. The Bertz CT molecular complexity index is 476. The number of amides is 1. The highest BCUT2D eigenvalue weighted by Gasteiger charge is 2.34. The van der Waals surface area contributed by atoms with Crippen molar-refractivity contribution in [3.05, 3.63) is 23.8 Å². The van der Waals surface area contributed by atoms with Crippen LogP contribution in [0.5, 0.6) is 11.5 Å². The lowest BCUT2D eigenvalue weighted by Gasteiger charge is -2.38. The molecule has 5 nitrogen and oxygen atoms in total. The number of nitrogens with two attached hydrogens (primary N) is 1. The lowest BCUT2D eigenvalue weighted by molar-refractivity contribution is -0.135. The number of benzene rings is 1. The Kier molecular flexibility index (Phi) is 3.95. The Morgan fingerprint density at radius 1 is 1.32 bits per heavy atom. The predicted octanol–water partition coefficient (Wildman–Crippen LogP) is 1.32. The topological polar surface area (TPSA) is 64.8 Å². The molecule has 2 rings (SSSR count). The van der Waals surface area contributed by atoms with Gasteiger partial charge < -0.3 is 20.1 Å². The van der Waals surface area contributed by atoms with Crippen molar-refractivity contribution in [2.75, 3.05) is 21.3 Å². The number of likely N-dealkylation sites (N-methyl/N-ethyl adjacent to an activating group) is 1. The fourth-order valence-corrected chi connectivity index (χ4v) is 2.57. The van der Waals surface area contributed by atoms with Crippen LogP contribution in [0.2, 0.25) is 0 Å². The minimum atomic E-state index is -0.151. The van der Waals surface area contributed by atoms with Crippen molar-refractivity contribution in [1.82, 2.24) is 4.90 Å². The molecule has 0 radical (unpaired) electrons. The van der Waals surface area contributed by atoms with Gasteiger partial charge in [0.05, 0.1) is 20.3 Å². The van der Waals surface area contributed by atoms with Crippen LogP contribution in [0, 0.1) is 0 Å². The number of hydrogen-bond donors (Lipinski definition) is 1. The van der Waals surface area contributed by atoms with E-state index in [4.69, 9.17) is 15.2 Å². The number of methoxy groups -OCH3 is 2. The molecule has 1 amide bonds. The highest BCUT2D eigenvalue weighted by atomic mass is 16.5. The summed E-state index contributed by atoms with van der Waals surface area (Å²) < 4.78 is 10.6. The van der Waals surface area contributed by atoms with Gasteiger partial charge in [0, 0.05) is 31.1 Å². The summed E-state index contributed by atoms with van der Waals surface area (Å²) in [5, 5.41) is 0. The molecule has 1 aromatic carbocycles. The molecule has 0 bridgehead atoms. The molecule has 1 aromatic rings. The fraction of sp³-hybridized carbons (Fsp3) is 0.500. The van der Waals surface area contributed by atoms with Crippen LogP contribution in [0.3, 0.4) is 0 Å². The van der Waals surface area contributed by atoms with Crippen LogP contribution >= 0.6 is 0 Å². The first-order valence-electron chi connectivity index (χ1n) is 6.31. The van der Waals surface area contributed by atoms with Crippen LogP contribution in [0.4, 0.5) is 0 Å². The molecule has 2 unspecified atom stereocenters. The number of likely N-dealkylation sites (tertiary alicyclic amines) is 1. The van der Waals surface area contributed by atoms with Crippen LogP contribution < -0.4 is 15.2 Å². The van der Waals surface area contributed by atoms with Gasteiger partial charge in [-0.25, -0.2) is 0 Å². The summed E-state index contributed by atoms with van der Waals surface area (Å²) in [6.07, 6.45) is 1.20. The number of carbonyl (C=O) groups excluding carboxylic acids is 1. The van der Waals surface area contributed by atoms with Crippen molar-refractivity contribution >= 4 is 5.91 Å². The summed E-state index contributed by atoms with van der Waals surface area (Å²) in [7, 11) is 5.00. The standard InChI is InChI=1S/C14H20N2O3/c1-16-13(17)7-6-11(15)14(16)10-5-4-9(18-2)8-12(10)19-3/h4-5,8,11,14H,6-7,15H2,1-3H3. The molecule has 5 heteroatoms. The Morgan fingerprint density at radius 2 is 2.05 bits per heavy atom. The van der Waals surface area contributed by atoms with Crippen LogP contribution in [0.1, 0.15) is 24.4 Å². The molecule has 0 aliphatic carbocycles. The molecular weight excluding hydrogens is 244 g/mol. The van der Waals surface area contributed by atoms with Gasteiger partial charge in [-0.1, -0.05) is 0 Å². The van der Waals surface area contributed by atoms with Crippen molar-refractivity contribution < 1.29 is 14.3 Å². The second-order valence-electron chi connectivity index (χ2n) is 4.76. The van der Waals surface area contributed by atoms with Crippen LogP contribution in [0.15, 0.2) is 18.2 Å². The summed E-state index contributed by atoms with van der Waals surface area (Å²) in [5.74, 6) is 1.53. The molecule has 1 heterocycles. The Hall–Kier alpha value is -1.75. The van der Waals surface area contributed by atoms with Crippen molar-refractivity contribution in [3.63, 3.8) is 0 Å². The normalized spacial score (nSPS) is 23.4. The molecular formula is C14H20N2O3. The van der Waals surface area contributed by atoms with E-state index in [1.165, 1.54) is 0 Å². The third kappa shape index (κ3) is 2.51. The number of ether oxygens (including phenoxy) is 2. The zero-order valence-corrected chi connectivity index (χ0v) is 11.6. The van der Waals surface area contributed by atoms with Crippen LogP contribution in [-0.4, -0.2) is 38.1 Å². The molecule has 2 atom stereocenters. The minimum absolute atomic E-state index is 0.0787. The van der Waals surface area contributed by atoms with E-state index in [0.29, 0.717) is 18.6 Å². The Balaban J connectivity index is 2.41. The molecule has 0 spiro atoms. The van der Waals surface area contributed by atoms with E-state index < -0.39 is 0 Å². The third-order valence-corrected chi connectivity index (χ3v) is 3.67. The zero-order chi connectivity index (χ0) is 14.0. The zero-order valence-electron chi connectivity index (χ0n) is 11.6. The van der Waals surface area contributed by atoms with E-state index in [0.717, 1.165) is 11.3 Å². The molecule has 1 aliphatic heterocycles. The van der Waals surface area contributed by atoms with Crippen molar-refractivity contribution in [2.24, 2.45) is 5.73 Å². The number of carbonyl (C=O) groups is 1. The Labute approximate surface area is 113 Å². The monoisotopic (exact) mass is 264 g/mol. The van der Waals surface area contributed by atoms with Gasteiger partial charge in [-0.2, -0.15) is 0 Å². The van der Waals surface area contributed by atoms with E-state index in [1.54, 1.807) is 26.2 Å². The average molecular weight is 264 g/mol. The van der Waals surface area contributed by atoms with Gasteiger partial charge in [0.1, 0.15) is 11.5 Å². The third-order valence-electron chi connectivity index (χ3n) is 3.67. The van der Waals surface area contributed by atoms with Crippen LogP contribution in [-0.2, 0) is 4.79 Å². The van der Waals surface area contributed by atoms with Crippen molar-refractivity contribution in [2.45, 2.75) is 24.9 Å². The molecule has 2 N–H and O–H groups in total. The smallest absolute Gasteiger partial charge is 0.222 e. The lowest BCUT2D eigenvalue weighted by Crippen LogP contribution is -2.46. The summed E-state index contributed by atoms with van der Waals surface area (Å²) >= 11 is 0.